The lowest BCUT2D eigenvalue weighted by molar-refractivity contribution is 0.450. The van der Waals surface area contributed by atoms with Gasteiger partial charge in [-0.25, -0.2) is 0 Å². The summed E-state index contributed by atoms with van der Waals surface area (Å²) in [6, 6.07) is 17.4. The van der Waals surface area contributed by atoms with Crippen LogP contribution in [0.25, 0.3) is 0 Å². The quantitative estimate of drug-likeness (QED) is 0.833. The molecule has 20 heavy (non-hydrogen) atoms. The van der Waals surface area contributed by atoms with Crippen LogP contribution in [0.3, 0.4) is 0 Å². The maximum Gasteiger partial charge on any atom is 0.0453 e. The molecule has 3 rings (SSSR count). The van der Waals surface area contributed by atoms with Crippen molar-refractivity contribution < 1.29 is 0 Å². The monoisotopic (exact) mass is 303 g/mol. The minimum Gasteiger partial charge on any atom is -0.303 e. The van der Waals surface area contributed by atoms with Gasteiger partial charge in [0.2, 0.25) is 0 Å². The van der Waals surface area contributed by atoms with E-state index in [1.54, 1.807) is 0 Å². The van der Waals surface area contributed by atoms with E-state index in [4.69, 9.17) is 11.6 Å². The standard InChI is InChI=1S/C17H18ClNS/c1-12(13-6-2-4-8-15(13)18)19-16-10-11-20-17-9-5-3-7-14(16)17/h2-9,12,16,19H,10-11H2,1H3/t12-,16?/m0/s1. The highest BCUT2D eigenvalue weighted by Crippen LogP contribution is 2.37. The lowest BCUT2D eigenvalue weighted by atomic mass is 10.0. The average Bonchev–Trinajstić information content (AvgIpc) is 2.48. The Morgan fingerprint density at radius 2 is 1.90 bits per heavy atom. The molecule has 0 radical (unpaired) electrons. The lowest BCUT2D eigenvalue weighted by Gasteiger charge is -2.29. The maximum atomic E-state index is 6.29. The summed E-state index contributed by atoms with van der Waals surface area (Å²) in [5.74, 6) is 1.17. The zero-order valence-electron chi connectivity index (χ0n) is 11.5. The minimum atomic E-state index is 0.254. The molecule has 2 atom stereocenters. The number of hydrogen-bond acceptors (Lipinski definition) is 2. The Labute approximate surface area is 129 Å². The Bertz CT molecular complexity index is 599. The topological polar surface area (TPSA) is 12.0 Å². The number of nitrogens with one attached hydrogen (secondary N) is 1. The van der Waals surface area contributed by atoms with E-state index >= 15 is 0 Å². The lowest BCUT2D eigenvalue weighted by Crippen LogP contribution is -2.27. The molecule has 0 spiro atoms. The van der Waals surface area contributed by atoms with Gasteiger partial charge in [-0.15, -0.1) is 11.8 Å². The summed E-state index contributed by atoms with van der Waals surface area (Å²) >= 11 is 8.25. The van der Waals surface area contributed by atoms with Gasteiger partial charge in [0.15, 0.2) is 0 Å². The van der Waals surface area contributed by atoms with Crippen molar-refractivity contribution in [3.05, 3.63) is 64.7 Å². The number of thioether (sulfide) groups is 1. The van der Waals surface area contributed by atoms with Crippen molar-refractivity contribution in [2.75, 3.05) is 5.75 Å². The van der Waals surface area contributed by atoms with Crippen molar-refractivity contribution in [3.63, 3.8) is 0 Å². The number of halogens is 1. The third kappa shape index (κ3) is 2.88. The fourth-order valence-corrected chi connectivity index (χ4v) is 4.16. The van der Waals surface area contributed by atoms with Crippen LogP contribution in [0.5, 0.6) is 0 Å². The van der Waals surface area contributed by atoms with Gasteiger partial charge in [0.25, 0.3) is 0 Å². The molecule has 1 aliphatic rings. The Hall–Kier alpha value is -0.960. The van der Waals surface area contributed by atoms with E-state index in [0.717, 1.165) is 11.4 Å². The molecule has 2 aromatic rings. The molecule has 2 aromatic carbocycles. The van der Waals surface area contributed by atoms with Gasteiger partial charge in [0.1, 0.15) is 0 Å². The molecule has 1 N–H and O–H groups in total. The molecule has 1 nitrogen and oxygen atoms in total. The fraction of sp³-hybridized carbons (Fsp3) is 0.294. The number of fused-ring (bicyclic) bond motifs is 1. The van der Waals surface area contributed by atoms with E-state index in [0.29, 0.717) is 6.04 Å². The summed E-state index contributed by atoms with van der Waals surface area (Å²) in [6.07, 6.45) is 1.16. The van der Waals surface area contributed by atoms with E-state index < -0.39 is 0 Å². The molecule has 0 aromatic heterocycles. The van der Waals surface area contributed by atoms with Crippen LogP contribution in [0.4, 0.5) is 0 Å². The van der Waals surface area contributed by atoms with E-state index in [9.17, 15) is 0 Å². The number of rotatable bonds is 3. The van der Waals surface area contributed by atoms with Crippen LogP contribution < -0.4 is 5.32 Å². The first-order chi connectivity index (χ1) is 9.75. The van der Waals surface area contributed by atoms with E-state index in [1.165, 1.54) is 21.8 Å². The van der Waals surface area contributed by atoms with Crippen molar-refractivity contribution in [1.29, 1.82) is 0 Å². The van der Waals surface area contributed by atoms with Crippen LogP contribution in [-0.2, 0) is 0 Å². The second kappa shape index (κ2) is 6.21. The zero-order valence-corrected chi connectivity index (χ0v) is 13.0. The molecule has 0 amide bonds. The largest absolute Gasteiger partial charge is 0.303 e. The molecule has 1 aliphatic heterocycles. The Kier molecular flexibility index (Phi) is 4.35. The van der Waals surface area contributed by atoms with Crippen LogP contribution >= 0.6 is 23.4 Å². The van der Waals surface area contributed by atoms with E-state index in [1.807, 2.05) is 30.0 Å². The van der Waals surface area contributed by atoms with E-state index in [-0.39, 0.29) is 6.04 Å². The molecule has 0 bridgehead atoms. The van der Waals surface area contributed by atoms with Crippen LogP contribution in [0.2, 0.25) is 5.02 Å². The molecule has 1 unspecified atom stereocenters. The van der Waals surface area contributed by atoms with Gasteiger partial charge in [0.05, 0.1) is 0 Å². The molecule has 0 saturated heterocycles. The predicted octanol–water partition coefficient (Wildman–Crippen LogP) is 5.23. The second-order valence-electron chi connectivity index (χ2n) is 5.14. The summed E-state index contributed by atoms with van der Waals surface area (Å²) in [7, 11) is 0. The number of hydrogen-bond donors (Lipinski definition) is 1. The first-order valence-electron chi connectivity index (χ1n) is 6.98. The highest BCUT2D eigenvalue weighted by Gasteiger charge is 2.22. The SMILES string of the molecule is C[C@H](NC1CCSc2ccccc21)c1ccccc1Cl. The van der Waals surface area contributed by atoms with Crippen LogP contribution in [0.15, 0.2) is 53.4 Å². The fourth-order valence-electron chi connectivity index (χ4n) is 2.73. The smallest absolute Gasteiger partial charge is 0.0453 e. The molecule has 0 saturated carbocycles. The second-order valence-corrected chi connectivity index (χ2v) is 6.68. The zero-order chi connectivity index (χ0) is 13.9. The summed E-state index contributed by atoms with van der Waals surface area (Å²) in [5.41, 5.74) is 2.59. The Morgan fingerprint density at radius 1 is 1.15 bits per heavy atom. The van der Waals surface area contributed by atoms with Crippen LogP contribution in [-0.4, -0.2) is 5.75 Å². The van der Waals surface area contributed by atoms with Gasteiger partial charge in [-0.1, -0.05) is 48.0 Å². The average molecular weight is 304 g/mol. The molecular weight excluding hydrogens is 286 g/mol. The highest BCUT2D eigenvalue weighted by atomic mass is 35.5. The Balaban J connectivity index is 1.81. The first-order valence-corrected chi connectivity index (χ1v) is 8.34. The maximum absolute atomic E-state index is 6.29. The summed E-state index contributed by atoms with van der Waals surface area (Å²) in [5, 5.41) is 4.57. The summed E-state index contributed by atoms with van der Waals surface area (Å²) < 4.78 is 0. The highest BCUT2D eigenvalue weighted by molar-refractivity contribution is 7.99. The molecule has 104 valence electrons. The third-order valence-corrected chi connectivity index (χ3v) is 5.25. The van der Waals surface area contributed by atoms with Crippen molar-refractivity contribution >= 4 is 23.4 Å². The van der Waals surface area contributed by atoms with Crippen LogP contribution in [0, 0.1) is 0 Å². The number of benzene rings is 2. The van der Waals surface area contributed by atoms with Gasteiger partial charge in [-0.2, -0.15) is 0 Å². The molecule has 0 fully saturated rings. The molecule has 3 heteroatoms. The molecule has 1 heterocycles. The van der Waals surface area contributed by atoms with Crippen molar-refractivity contribution in [1.82, 2.24) is 5.32 Å². The van der Waals surface area contributed by atoms with Gasteiger partial charge in [-0.05, 0) is 42.4 Å². The van der Waals surface area contributed by atoms with Crippen molar-refractivity contribution in [2.45, 2.75) is 30.3 Å². The first kappa shape index (κ1) is 14.0. The third-order valence-electron chi connectivity index (χ3n) is 3.78. The minimum absolute atomic E-state index is 0.254. The van der Waals surface area contributed by atoms with Crippen LogP contribution in [0.1, 0.15) is 36.6 Å². The van der Waals surface area contributed by atoms with Gasteiger partial charge in [-0.3, -0.25) is 0 Å². The predicted molar refractivity (Wildman–Crippen MR) is 87.5 cm³/mol. The van der Waals surface area contributed by atoms with Crippen molar-refractivity contribution in [3.8, 4) is 0 Å². The van der Waals surface area contributed by atoms with Gasteiger partial charge >= 0.3 is 0 Å². The van der Waals surface area contributed by atoms with Gasteiger partial charge < -0.3 is 5.32 Å². The summed E-state index contributed by atoms with van der Waals surface area (Å²) in [4.78, 5) is 1.41. The van der Waals surface area contributed by atoms with Gasteiger partial charge in [0, 0.05) is 22.0 Å². The van der Waals surface area contributed by atoms with E-state index in [2.05, 4.69) is 42.6 Å². The molecular formula is C17H18ClNS. The molecule has 0 aliphatic carbocycles. The van der Waals surface area contributed by atoms with Crippen molar-refractivity contribution in [2.24, 2.45) is 0 Å². The Morgan fingerprint density at radius 3 is 2.75 bits per heavy atom. The normalized spacial score (nSPS) is 19.4. The summed E-state index contributed by atoms with van der Waals surface area (Å²) in [6.45, 7) is 2.19.